The van der Waals surface area contributed by atoms with Crippen LogP contribution in [0.4, 0.5) is 11.6 Å². The molecule has 0 radical (unpaired) electrons. The molecular weight excluding hydrogens is 202 g/mol. The summed E-state index contributed by atoms with van der Waals surface area (Å²) in [6.45, 7) is 2.47. The Kier molecular flexibility index (Phi) is 2.40. The first-order valence-electron chi connectivity index (χ1n) is 5.91. The lowest BCUT2D eigenvalue weighted by Gasteiger charge is -2.21. The Bertz CT molecular complexity index is 380. The SMILES string of the molecule is Nc1cc(NC2CCN3CCCC23)ncn1. The van der Waals surface area contributed by atoms with Crippen LogP contribution in [-0.4, -0.2) is 40.0 Å². The molecule has 0 aromatic carbocycles. The fourth-order valence-corrected chi connectivity index (χ4v) is 2.89. The largest absolute Gasteiger partial charge is 0.384 e. The highest BCUT2D eigenvalue weighted by Gasteiger charge is 2.37. The van der Waals surface area contributed by atoms with E-state index in [1.54, 1.807) is 6.07 Å². The number of nitrogens with zero attached hydrogens (tertiary/aromatic N) is 3. The molecule has 1 aromatic heterocycles. The average molecular weight is 219 g/mol. The smallest absolute Gasteiger partial charge is 0.131 e. The summed E-state index contributed by atoms with van der Waals surface area (Å²) >= 11 is 0. The number of hydrogen-bond donors (Lipinski definition) is 2. The summed E-state index contributed by atoms with van der Waals surface area (Å²) in [5.41, 5.74) is 5.64. The quantitative estimate of drug-likeness (QED) is 0.766. The van der Waals surface area contributed by atoms with Gasteiger partial charge in [0, 0.05) is 24.7 Å². The minimum Gasteiger partial charge on any atom is -0.384 e. The highest BCUT2D eigenvalue weighted by molar-refractivity contribution is 5.44. The van der Waals surface area contributed by atoms with Gasteiger partial charge in [0.05, 0.1) is 0 Å². The zero-order valence-electron chi connectivity index (χ0n) is 9.26. The van der Waals surface area contributed by atoms with E-state index in [9.17, 15) is 0 Å². The van der Waals surface area contributed by atoms with Crippen LogP contribution in [0.1, 0.15) is 19.3 Å². The summed E-state index contributed by atoms with van der Waals surface area (Å²) < 4.78 is 0. The standard InChI is InChI=1S/C11H17N5/c12-10-6-11(14-7-13-10)15-8-3-5-16-4-1-2-9(8)16/h6-9H,1-5H2,(H3,12,13,14,15). The van der Waals surface area contributed by atoms with Crippen molar-refractivity contribution < 1.29 is 0 Å². The van der Waals surface area contributed by atoms with Crippen LogP contribution < -0.4 is 11.1 Å². The Balaban J connectivity index is 1.71. The van der Waals surface area contributed by atoms with Crippen molar-refractivity contribution in [1.82, 2.24) is 14.9 Å². The zero-order valence-corrected chi connectivity index (χ0v) is 9.26. The second-order valence-corrected chi connectivity index (χ2v) is 4.61. The van der Waals surface area contributed by atoms with Crippen LogP contribution in [0, 0.1) is 0 Å². The molecule has 3 rings (SSSR count). The molecule has 5 heteroatoms. The molecule has 2 fully saturated rings. The van der Waals surface area contributed by atoms with Crippen molar-refractivity contribution in [2.75, 3.05) is 24.1 Å². The highest BCUT2D eigenvalue weighted by Crippen LogP contribution is 2.29. The third kappa shape index (κ3) is 1.71. The van der Waals surface area contributed by atoms with E-state index in [-0.39, 0.29) is 0 Å². The summed E-state index contributed by atoms with van der Waals surface area (Å²) in [4.78, 5) is 10.7. The first kappa shape index (κ1) is 9.84. The van der Waals surface area contributed by atoms with Crippen molar-refractivity contribution >= 4 is 11.6 Å². The van der Waals surface area contributed by atoms with Crippen molar-refractivity contribution in [2.24, 2.45) is 0 Å². The molecule has 0 saturated carbocycles. The van der Waals surface area contributed by atoms with E-state index in [2.05, 4.69) is 20.2 Å². The molecule has 2 atom stereocenters. The average Bonchev–Trinajstić information content (AvgIpc) is 2.83. The van der Waals surface area contributed by atoms with E-state index in [0.29, 0.717) is 17.9 Å². The number of aromatic nitrogens is 2. The number of anilines is 2. The van der Waals surface area contributed by atoms with Crippen molar-refractivity contribution in [1.29, 1.82) is 0 Å². The maximum absolute atomic E-state index is 5.64. The molecule has 2 saturated heterocycles. The van der Waals surface area contributed by atoms with Crippen LogP contribution in [0.25, 0.3) is 0 Å². The minimum atomic E-state index is 0.525. The molecule has 2 unspecified atom stereocenters. The van der Waals surface area contributed by atoms with Gasteiger partial charge in [0.2, 0.25) is 0 Å². The van der Waals surface area contributed by atoms with Gasteiger partial charge in [0.25, 0.3) is 0 Å². The minimum absolute atomic E-state index is 0.525. The van der Waals surface area contributed by atoms with Crippen LogP contribution in [0.2, 0.25) is 0 Å². The lowest BCUT2D eigenvalue weighted by molar-refractivity contribution is 0.318. The van der Waals surface area contributed by atoms with Gasteiger partial charge in [-0.2, -0.15) is 0 Å². The van der Waals surface area contributed by atoms with E-state index < -0.39 is 0 Å². The van der Waals surface area contributed by atoms with E-state index in [0.717, 1.165) is 5.82 Å². The predicted molar refractivity (Wildman–Crippen MR) is 63.1 cm³/mol. The van der Waals surface area contributed by atoms with Gasteiger partial charge in [0.1, 0.15) is 18.0 Å². The Morgan fingerprint density at radius 3 is 3.12 bits per heavy atom. The van der Waals surface area contributed by atoms with Gasteiger partial charge in [-0.05, 0) is 25.8 Å². The van der Waals surface area contributed by atoms with Crippen LogP contribution in [0.3, 0.4) is 0 Å². The molecule has 3 N–H and O–H groups in total. The van der Waals surface area contributed by atoms with Crippen LogP contribution in [0.15, 0.2) is 12.4 Å². The molecule has 2 aliphatic rings. The number of nitrogen functional groups attached to an aromatic ring is 1. The summed E-state index contributed by atoms with van der Waals surface area (Å²) in [5.74, 6) is 1.38. The lowest BCUT2D eigenvalue weighted by Crippen LogP contribution is -2.34. The third-order valence-electron chi connectivity index (χ3n) is 3.63. The number of fused-ring (bicyclic) bond motifs is 1. The summed E-state index contributed by atoms with van der Waals surface area (Å²) in [6.07, 6.45) is 5.35. The van der Waals surface area contributed by atoms with E-state index in [1.165, 1.54) is 38.7 Å². The van der Waals surface area contributed by atoms with Gasteiger partial charge >= 0.3 is 0 Å². The van der Waals surface area contributed by atoms with Gasteiger partial charge in [-0.25, -0.2) is 9.97 Å². The summed E-state index contributed by atoms with van der Waals surface area (Å²) in [7, 11) is 0. The Labute approximate surface area is 95.1 Å². The molecule has 1 aromatic rings. The van der Waals surface area contributed by atoms with E-state index in [4.69, 9.17) is 5.73 Å². The van der Waals surface area contributed by atoms with Gasteiger partial charge < -0.3 is 11.1 Å². The maximum atomic E-state index is 5.64. The molecule has 3 heterocycles. The fraction of sp³-hybridized carbons (Fsp3) is 0.636. The molecule has 5 nitrogen and oxygen atoms in total. The van der Waals surface area contributed by atoms with Crippen molar-refractivity contribution in [3.8, 4) is 0 Å². The van der Waals surface area contributed by atoms with Gasteiger partial charge in [0.15, 0.2) is 0 Å². The number of rotatable bonds is 2. The fourth-order valence-electron chi connectivity index (χ4n) is 2.89. The Hall–Kier alpha value is -1.36. The predicted octanol–water partition coefficient (Wildman–Crippen LogP) is 0.707. The second kappa shape index (κ2) is 3.90. The molecule has 16 heavy (non-hydrogen) atoms. The molecule has 0 spiro atoms. The zero-order chi connectivity index (χ0) is 11.0. The van der Waals surface area contributed by atoms with Crippen molar-refractivity contribution in [3.05, 3.63) is 12.4 Å². The van der Waals surface area contributed by atoms with Gasteiger partial charge in [-0.15, -0.1) is 0 Å². The molecule has 86 valence electrons. The first-order chi connectivity index (χ1) is 7.83. The van der Waals surface area contributed by atoms with Gasteiger partial charge in [-0.1, -0.05) is 0 Å². The normalized spacial score (nSPS) is 29.2. The van der Waals surface area contributed by atoms with Gasteiger partial charge in [-0.3, -0.25) is 4.90 Å². The lowest BCUT2D eigenvalue weighted by atomic mass is 10.1. The first-order valence-corrected chi connectivity index (χ1v) is 5.91. The Morgan fingerprint density at radius 2 is 2.25 bits per heavy atom. The molecule has 0 amide bonds. The van der Waals surface area contributed by atoms with E-state index >= 15 is 0 Å². The molecule has 0 aliphatic carbocycles. The number of hydrogen-bond acceptors (Lipinski definition) is 5. The van der Waals surface area contributed by atoms with Crippen LogP contribution in [0.5, 0.6) is 0 Å². The van der Waals surface area contributed by atoms with Crippen LogP contribution in [-0.2, 0) is 0 Å². The highest BCUT2D eigenvalue weighted by atomic mass is 15.2. The maximum Gasteiger partial charge on any atom is 0.131 e. The third-order valence-corrected chi connectivity index (χ3v) is 3.63. The van der Waals surface area contributed by atoms with Crippen molar-refractivity contribution in [2.45, 2.75) is 31.3 Å². The molecular formula is C11H17N5. The van der Waals surface area contributed by atoms with Crippen molar-refractivity contribution in [3.63, 3.8) is 0 Å². The summed E-state index contributed by atoms with van der Waals surface area (Å²) in [6, 6.07) is 3.02. The Morgan fingerprint density at radius 1 is 1.31 bits per heavy atom. The van der Waals surface area contributed by atoms with E-state index in [1.807, 2.05) is 0 Å². The monoisotopic (exact) mass is 219 g/mol. The molecule has 2 aliphatic heterocycles. The topological polar surface area (TPSA) is 67.1 Å². The number of nitrogens with two attached hydrogens (primary N) is 1. The molecule has 0 bridgehead atoms. The number of nitrogens with one attached hydrogen (secondary N) is 1. The second-order valence-electron chi connectivity index (χ2n) is 4.61. The summed E-state index contributed by atoms with van der Waals surface area (Å²) in [5, 5.41) is 3.48. The van der Waals surface area contributed by atoms with Crippen LogP contribution >= 0.6 is 0 Å².